The smallest absolute Gasteiger partial charge is 0.228 e. The monoisotopic (exact) mass is 371 g/mol. The van der Waals surface area contributed by atoms with E-state index in [1.165, 1.54) is 11.8 Å². The fraction of sp³-hybridized carbons (Fsp3) is 0.389. The van der Waals surface area contributed by atoms with Gasteiger partial charge in [-0.25, -0.2) is 4.98 Å². The fourth-order valence-corrected chi connectivity index (χ4v) is 3.03. The summed E-state index contributed by atoms with van der Waals surface area (Å²) in [4.78, 5) is 27.8. The van der Waals surface area contributed by atoms with Crippen molar-refractivity contribution in [3.8, 4) is 0 Å². The van der Waals surface area contributed by atoms with E-state index in [0.29, 0.717) is 18.1 Å². The van der Waals surface area contributed by atoms with Crippen LogP contribution in [0.1, 0.15) is 31.4 Å². The summed E-state index contributed by atoms with van der Waals surface area (Å²) in [5.41, 5.74) is 0.869. The molecule has 0 atom stereocenters. The van der Waals surface area contributed by atoms with Crippen molar-refractivity contribution in [3.05, 3.63) is 36.0 Å². The lowest BCUT2D eigenvalue weighted by atomic mass is 10.3. The number of carbonyl (C=O) groups excluding carboxylic acids is 2. The number of nitrogens with one attached hydrogen (secondary N) is 2. The molecule has 0 saturated heterocycles. The van der Waals surface area contributed by atoms with Gasteiger partial charge in [0.2, 0.25) is 11.8 Å². The van der Waals surface area contributed by atoms with Gasteiger partial charge in [-0.15, -0.1) is 22.0 Å². The van der Waals surface area contributed by atoms with E-state index in [2.05, 4.69) is 25.8 Å². The first kappa shape index (κ1) is 18.3. The van der Waals surface area contributed by atoms with Crippen molar-refractivity contribution in [2.75, 3.05) is 16.4 Å². The molecule has 8 heteroatoms. The standard InChI is InChI=1S/C18H21N5O2S/c1-12-4-2-5-14(19-12)20-16(24)6-3-11-26-17-10-9-15(22-23-17)21-18(25)13-7-8-13/h2,4-5,9-10,13H,3,6-8,11H2,1H3,(H,19,20,24)(H,21,22,25). The molecule has 1 saturated carbocycles. The molecule has 0 bridgehead atoms. The lowest BCUT2D eigenvalue weighted by molar-refractivity contribution is -0.117. The van der Waals surface area contributed by atoms with E-state index >= 15 is 0 Å². The molecule has 3 rings (SSSR count). The summed E-state index contributed by atoms with van der Waals surface area (Å²) in [6, 6.07) is 9.11. The van der Waals surface area contributed by atoms with Crippen molar-refractivity contribution < 1.29 is 9.59 Å². The van der Waals surface area contributed by atoms with Crippen LogP contribution < -0.4 is 10.6 Å². The van der Waals surface area contributed by atoms with Crippen LogP contribution in [0.3, 0.4) is 0 Å². The highest BCUT2D eigenvalue weighted by Crippen LogP contribution is 2.30. The lowest BCUT2D eigenvalue weighted by Gasteiger charge is -2.05. The molecule has 136 valence electrons. The van der Waals surface area contributed by atoms with E-state index in [1.54, 1.807) is 12.1 Å². The lowest BCUT2D eigenvalue weighted by Crippen LogP contribution is -2.14. The zero-order valence-electron chi connectivity index (χ0n) is 14.6. The van der Waals surface area contributed by atoms with Crippen LogP contribution in [0.5, 0.6) is 0 Å². The largest absolute Gasteiger partial charge is 0.311 e. The van der Waals surface area contributed by atoms with Gasteiger partial charge in [0.05, 0.1) is 0 Å². The molecule has 26 heavy (non-hydrogen) atoms. The van der Waals surface area contributed by atoms with Gasteiger partial charge in [-0.2, -0.15) is 0 Å². The second kappa shape index (κ2) is 8.75. The van der Waals surface area contributed by atoms with Crippen LogP contribution in [0.25, 0.3) is 0 Å². The average Bonchev–Trinajstić information content (AvgIpc) is 3.45. The highest BCUT2D eigenvalue weighted by atomic mass is 32.2. The maximum atomic E-state index is 11.9. The maximum absolute atomic E-state index is 11.9. The molecule has 7 nitrogen and oxygen atoms in total. The normalized spacial score (nSPS) is 13.3. The fourth-order valence-electron chi connectivity index (χ4n) is 2.26. The molecule has 0 unspecified atom stereocenters. The van der Waals surface area contributed by atoms with E-state index in [1.807, 2.05) is 25.1 Å². The molecule has 2 heterocycles. The summed E-state index contributed by atoms with van der Waals surface area (Å²) in [6.07, 6.45) is 3.07. The molecule has 2 aromatic rings. The van der Waals surface area contributed by atoms with E-state index in [-0.39, 0.29) is 17.7 Å². The third-order valence-electron chi connectivity index (χ3n) is 3.79. The van der Waals surface area contributed by atoms with Crippen LogP contribution in [0.2, 0.25) is 0 Å². The first-order valence-electron chi connectivity index (χ1n) is 8.61. The summed E-state index contributed by atoms with van der Waals surface area (Å²) >= 11 is 1.54. The van der Waals surface area contributed by atoms with Gasteiger partial charge >= 0.3 is 0 Å². The van der Waals surface area contributed by atoms with Crippen molar-refractivity contribution >= 4 is 35.2 Å². The summed E-state index contributed by atoms with van der Waals surface area (Å²) in [5.74, 6) is 1.94. The number of nitrogens with zero attached hydrogens (tertiary/aromatic N) is 3. The Kier molecular flexibility index (Phi) is 6.17. The zero-order chi connectivity index (χ0) is 18.4. The number of hydrogen-bond acceptors (Lipinski definition) is 6. The quantitative estimate of drug-likeness (QED) is 0.547. The molecule has 1 aliphatic rings. The third kappa shape index (κ3) is 5.80. The summed E-state index contributed by atoms with van der Waals surface area (Å²) in [5, 5.41) is 14.4. The second-order valence-electron chi connectivity index (χ2n) is 6.18. The summed E-state index contributed by atoms with van der Waals surface area (Å²) in [7, 11) is 0. The predicted octanol–water partition coefficient (Wildman–Crippen LogP) is 3.04. The Bertz CT molecular complexity index is 777. The van der Waals surface area contributed by atoms with Gasteiger partial charge in [0, 0.05) is 23.8 Å². The minimum atomic E-state index is -0.0482. The van der Waals surface area contributed by atoms with Gasteiger partial charge in [-0.1, -0.05) is 6.07 Å². The molecule has 0 spiro atoms. The third-order valence-corrected chi connectivity index (χ3v) is 4.80. The molecule has 1 fully saturated rings. The number of rotatable bonds is 8. The number of pyridine rings is 1. The summed E-state index contributed by atoms with van der Waals surface area (Å²) < 4.78 is 0. The molecule has 0 aromatic carbocycles. The van der Waals surface area contributed by atoms with Crippen molar-refractivity contribution in [2.45, 2.75) is 37.6 Å². The Labute approximate surface area is 156 Å². The van der Waals surface area contributed by atoms with E-state index in [4.69, 9.17) is 0 Å². The number of aryl methyl sites for hydroxylation is 1. The first-order chi connectivity index (χ1) is 12.6. The van der Waals surface area contributed by atoms with Crippen molar-refractivity contribution in [1.82, 2.24) is 15.2 Å². The van der Waals surface area contributed by atoms with Gasteiger partial charge in [0.1, 0.15) is 10.8 Å². The number of hydrogen-bond donors (Lipinski definition) is 2. The minimum absolute atomic E-state index is 0.0221. The molecule has 2 amide bonds. The Balaban J connectivity index is 1.35. The van der Waals surface area contributed by atoms with E-state index in [0.717, 1.165) is 35.7 Å². The van der Waals surface area contributed by atoms with Gasteiger partial charge in [0.15, 0.2) is 5.82 Å². The molecule has 1 aliphatic carbocycles. The second-order valence-corrected chi connectivity index (χ2v) is 7.30. The van der Waals surface area contributed by atoms with Crippen LogP contribution in [0.4, 0.5) is 11.6 Å². The SMILES string of the molecule is Cc1cccc(NC(=O)CCCSc2ccc(NC(=O)C3CC3)nn2)n1. The van der Waals surface area contributed by atoms with Gasteiger partial charge < -0.3 is 10.6 Å². The average molecular weight is 371 g/mol. The number of amides is 2. The number of aromatic nitrogens is 3. The molecule has 2 N–H and O–H groups in total. The minimum Gasteiger partial charge on any atom is -0.311 e. The molecular formula is C18H21N5O2S. The van der Waals surface area contributed by atoms with Crippen LogP contribution in [-0.2, 0) is 9.59 Å². The van der Waals surface area contributed by atoms with Crippen LogP contribution in [0.15, 0.2) is 35.4 Å². The zero-order valence-corrected chi connectivity index (χ0v) is 15.4. The maximum Gasteiger partial charge on any atom is 0.228 e. The van der Waals surface area contributed by atoms with Crippen LogP contribution >= 0.6 is 11.8 Å². The van der Waals surface area contributed by atoms with Gasteiger partial charge in [0.25, 0.3) is 0 Å². The van der Waals surface area contributed by atoms with E-state index < -0.39 is 0 Å². The first-order valence-corrected chi connectivity index (χ1v) is 9.59. The summed E-state index contributed by atoms with van der Waals surface area (Å²) in [6.45, 7) is 1.88. The molecule has 0 aliphatic heterocycles. The van der Waals surface area contributed by atoms with Crippen molar-refractivity contribution in [1.29, 1.82) is 0 Å². The van der Waals surface area contributed by atoms with E-state index in [9.17, 15) is 9.59 Å². The number of thioether (sulfide) groups is 1. The van der Waals surface area contributed by atoms with Crippen molar-refractivity contribution in [3.63, 3.8) is 0 Å². The highest BCUT2D eigenvalue weighted by molar-refractivity contribution is 7.99. The Morgan fingerprint density at radius 1 is 1.12 bits per heavy atom. The number of carbonyl (C=O) groups is 2. The van der Waals surface area contributed by atoms with Crippen LogP contribution in [0, 0.1) is 12.8 Å². The Hall–Kier alpha value is -2.48. The topological polar surface area (TPSA) is 96.9 Å². The van der Waals surface area contributed by atoms with Gasteiger partial charge in [-0.3, -0.25) is 9.59 Å². The molecule has 0 radical (unpaired) electrons. The molecular weight excluding hydrogens is 350 g/mol. The Morgan fingerprint density at radius 3 is 2.65 bits per heavy atom. The van der Waals surface area contributed by atoms with Crippen molar-refractivity contribution in [2.24, 2.45) is 5.92 Å². The van der Waals surface area contributed by atoms with Gasteiger partial charge in [-0.05, 0) is 50.5 Å². The Morgan fingerprint density at radius 2 is 1.96 bits per heavy atom. The highest BCUT2D eigenvalue weighted by Gasteiger charge is 2.29. The van der Waals surface area contributed by atoms with Crippen LogP contribution in [-0.4, -0.2) is 32.7 Å². The molecule has 2 aromatic heterocycles. The number of anilines is 2. The predicted molar refractivity (Wildman–Crippen MR) is 101 cm³/mol.